The summed E-state index contributed by atoms with van der Waals surface area (Å²) in [6.07, 6.45) is 4.57. The summed E-state index contributed by atoms with van der Waals surface area (Å²) in [6.45, 7) is 3.83. The van der Waals surface area contributed by atoms with Gasteiger partial charge in [0.05, 0.1) is 6.61 Å². The molecule has 0 heterocycles. The summed E-state index contributed by atoms with van der Waals surface area (Å²) in [4.78, 5) is 15.4. The van der Waals surface area contributed by atoms with Crippen LogP contribution >= 0.6 is 35.6 Å². The van der Waals surface area contributed by atoms with Crippen LogP contribution < -0.4 is 10.6 Å². The third kappa shape index (κ3) is 12.0. The fraction of sp³-hybridized carbons (Fsp3) is 0.556. The molecule has 0 aromatic heterocycles. The molecule has 0 bridgehead atoms. The molecular formula is C18H29ClIN3O2. The van der Waals surface area contributed by atoms with E-state index < -0.39 is 0 Å². The van der Waals surface area contributed by atoms with Crippen molar-refractivity contribution in [1.82, 2.24) is 10.6 Å². The van der Waals surface area contributed by atoms with Crippen molar-refractivity contribution in [2.45, 2.75) is 45.6 Å². The van der Waals surface area contributed by atoms with Gasteiger partial charge >= 0.3 is 5.97 Å². The molecule has 0 spiro atoms. The van der Waals surface area contributed by atoms with Gasteiger partial charge in [-0.25, -0.2) is 0 Å². The molecule has 142 valence electrons. The fourth-order valence-electron chi connectivity index (χ4n) is 2.24. The van der Waals surface area contributed by atoms with E-state index in [9.17, 15) is 4.79 Å². The van der Waals surface area contributed by atoms with E-state index in [-0.39, 0.29) is 29.9 Å². The Balaban J connectivity index is 0.00000576. The SMILES string of the molecule is CCOC(=O)CCCCCCNC(=NC)NCc1cccc(Cl)c1.I. The standard InChI is InChI=1S/C18H28ClN3O2.HI/c1-3-24-17(23)11-6-4-5-7-12-21-18(20-2)22-14-15-9-8-10-16(19)13-15;/h8-10,13H,3-7,11-12,14H2,1-2H3,(H2,20,21,22);1H. The zero-order valence-electron chi connectivity index (χ0n) is 15.0. The molecule has 0 aliphatic heterocycles. The summed E-state index contributed by atoms with van der Waals surface area (Å²) in [5.41, 5.74) is 1.12. The Kier molecular flexibility index (Phi) is 14.6. The molecule has 0 unspecified atom stereocenters. The highest BCUT2D eigenvalue weighted by atomic mass is 127. The highest BCUT2D eigenvalue weighted by Gasteiger charge is 2.01. The summed E-state index contributed by atoms with van der Waals surface area (Å²) in [5, 5.41) is 7.29. The molecule has 2 N–H and O–H groups in total. The first-order valence-electron chi connectivity index (χ1n) is 8.50. The number of guanidine groups is 1. The zero-order chi connectivity index (χ0) is 17.6. The van der Waals surface area contributed by atoms with Crippen molar-refractivity contribution in [2.24, 2.45) is 4.99 Å². The molecule has 1 rings (SSSR count). The first-order valence-corrected chi connectivity index (χ1v) is 8.88. The highest BCUT2D eigenvalue weighted by Crippen LogP contribution is 2.10. The van der Waals surface area contributed by atoms with Crippen LogP contribution in [-0.2, 0) is 16.1 Å². The van der Waals surface area contributed by atoms with Crippen LogP contribution in [0.4, 0.5) is 0 Å². The molecule has 0 aliphatic rings. The van der Waals surface area contributed by atoms with E-state index in [1.54, 1.807) is 7.05 Å². The lowest BCUT2D eigenvalue weighted by atomic mass is 10.1. The molecular weight excluding hydrogens is 453 g/mol. The molecule has 7 heteroatoms. The largest absolute Gasteiger partial charge is 0.466 e. The number of esters is 1. The Hall–Kier alpha value is -1.02. The van der Waals surface area contributed by atoms with Crippen molar-refractivity contribution in [3.05, 3.63) is 34.9 Å². The third-order valence-corrected chi connectivity index (χ3v) is 3.71. The topological polar surface area (TPSA) is 62.7 Å². The predicted octanol–water partition coefficient (Wildman–Crippen LogP) is 4.14. The van der Waals surface area contributed by atoms with Gasteiger partial charge in [0.2, 0.25) is 0 Å². The summed E-state index contributed by atoms with van der Waals surface area (Å²) >= 11 is 5.97. The minimum atomic E-state index is -0.0961. The molecule has 0 radical (unpaired) electrons. The number of ether oxygens (including phenoxy) is 1. The predicted molar refractivity (Wildman–Crippen MR) is 115 cm³/mol. The average Bonchev–Trinajstić information content (AvgIpc) is 2.57. The number of halogens is 2. The van der Waals surface area contributed by atoms with Gasteiger partial charge in [0.25, 0.3) is 0 Å². The number of unbranched alkanes of at least 4 members (excludes halogenated alkanes) is 3. The lowest BCUT2D eigenvalue weighted by Crippen LogP contribution is -2.37. The zero-order valence-corrected chi connectivity index (χ0v) is 18.1. The second-order valence-corrected chi connectivity index (χ2v) is 5.89. The highest BCUT2D eigenvalue weighted by molar-refractivity contribution is 14.0. The van der Waals surface area contributed by atoms with Gasteiger partial charge in [0, 0.05) is 31.6 Å². The van der Waals surface area contributed by atoms with Crippen LogP contribution in [0.25, 0.3) is 0 Å². The van der Waals surface area contributed by atoms with Crippen LogP contribution in [0.15, 0.2) is 29.3 Å². The van der Waals surface area contributed by atoms with Gasteiger partial charge in [0.15, 0.2) is 5.96 Å². The molecule has 0 atom stereocenters. The maximum Gasteiger partial charge on any atom is 0.305 e. The molecule has 5 nitrogen and oxygen atoms in total. The van der Waals surface area contributed by atoms with E-state index in [1.807, 2.05) is 31.2 Å². The summed E-state index contributed by atoms with van der Waals surface area (Å²) in [5.74, 6) is 0.683. The molecule has 0 amide bonds. The van der Waals surface area contributed by atoms with Crippen molar-refractivity contribution in [1.29, 1.82) is 0 Å². The average molecular weight is 482 g/mol. The number of benzene rings is 1. The van der Waals surface area contributed by atoms with E-state index in [1.165, 1.54) is 0 Å². The number of hydrogen-bond acceptors (Lipinski definition) is 3. The second kappa shape index (κ2) is 15.3. The number of nitrogens with one attached hydrogen (secondary N) is 2. The smallest absolute Gasteiger partial charge is 0.305 e. The van der Waals surface area contributed by atoms with Crippen LogP contribution in [0.1, 0.15) is 44.6 Å². The van der Waals surface area contributed by atoms with E-state index in [0.29, 0.717) is 19.6 Å². The van der Waals surface area contributed by atoms with Gasteiger partial charge in [-0.05, 0) is 37.5 Å². The molecule has 1 aromatic carbocycles. The summed E-state index contributed by atoms with van der Waals surface area (Å²) < 4.78 is 4.90. The Labute approximate surface area is 173 Å². The number of hydrogen-bond donors (Lipinski definition) is 2. The fourth-order valence-corrected chi connectivity index (χ4v) is 2.45. The number of aliphatic imine (C=N–C) groups is 1. The molecule has 0 saturated heterocycles. The van der Waals surface area contributed by atoms with Gasteiger partial charge in [-0.1, -0.05) is 36.6 Å². The van der Waals surface area contributed by atoms with E-state index in [0.717, 1.165) is 48.8 Å². The van der Waals surface area contributed by atoms with E-state index >= 15 is 0 Å². The summed E-state index contributed by atoms with van der Waals surface area (Å²) in [7, 11) is 1.76. The quantitative estimate of drug-likeness (QED) is 0.173. The van der Waals surface area contributed by atoms with Crippen LogP contribution in [0.3, 0.4) is 0 Å². The number of carbonyl (C=O) groups is 1. The van der Waals surface area contributed by atoms with Crippen LogP contribution in [-0.4, -0.2) is 32.1 Å². The minimum Gasteiger partial charge on any atom is -0.466 e. The lowest BCUT2D eigenvalue weighted by Gasteiger charge is -2.12. The van der Waals surface area contributed by atoms with Crippen molar-refractivity contribution in [2.75, 3.05) is 20.2 Å². The van der Waals surface area contributed by atoms with E-state index in [2.05, 4.69) is 15.6 Å². The molecule has 0 saturated carbocycles. The second-order valence-electron chi connectivity index (χ2n) is 5.45. The van der Waals surface area contributed by atoms with E-state index in [4.69, 9.17) is 16.3 Å². The Bertz CT molecular complexity index is 527. The van der Waals surface area contributed by atoms with Crippen LogP contribution in [0.5, 0.6) is 0 Å². The maximum absolute atomic E-state index is 11.2. The van der Waals surface area contributed by atoms with Crippen molar-refractivity contribution in [3.63, 3.8) is 0 Å². The third-order valence-electron chi connectivity index (χ3n) is 3.48. The Morgan fingerprint density at radius 1 is 1.20 bits per heavy atom. The first-order chi connectivity index (χ1) is 11.7. The summed E-state index contributed by atoms with van der Waals surface area (Å²) in [6, 6.07) is 7.76. The first kappa shape index (κ1) is 24.0. The molecule has 0 fully saturated rings. The van der Waals surface area contributed by atoms with Gasteiger partial charge in [-0.2, -0.15) is 0 Å². The Morgan fingerprint density at radius 3 is 2.64 bits per heavy atom. The van der Waals surface area contributed by atoms with Crippen LogP contribution in [0.2, 0.25) is 5.02 Å². The minimum absolute atomic E-state index is 0. The molecule has 25 heavy (non-hydrogen) atoms. The monoisotopic (exact) mass is 481 g/mol. The number of carbonyl (C=O) groups excluding carboxylic acids is 1. The van der Waals surface area contributed by atoms with Crippen molar-refractivity contribution < 1.29 is 9.53 Å². The Morgan fingerprint density at radius 2 is 1.96 bits per heavy atom. The molecule has 1 aromatic rings. The van der Waals surface area contributed by atoms with Gasteiger partial charge in [0.1, 0.15) is 0 Å². The van der Waals surface area contributed by atoms with Gasteiger partial charge in [-0.15, -0.1) is 24.0 Å². The van der Waals surface area contributed by atoms with Crippen molar-refractivity contribution in [3.8, 4) is 0 Å². The maximum atomic E-state index is 11.2. The molecule has 0 aliphatic carbocycles. The van der Waals surface area contributed by atoms with Crippen molar-refractivity contribution >= 4 is 47.5 Å². The van der Waals surface area contributed by atoms with Crippen LogP contribution in [0, 0.1) is 0 Å². The number of nitrogens with zero attached hydrogens (tertiary/aromatic N) is 1. The number of rotatable bonds is 10. The normalized spacial score (nSPS) is 10.8. The van der Waals surface area contributed by atoms with Gasteiger partial charge < -0.3 is 15.4 Å². The van der Waals surface area contributed by atoms with Gasteiger partial charge in [-0.3, -0.25) is 9.79 Å². The lowest BCUT2D eigenvalue weighted by molar-refractivity contribution is -0.143.